The van der Waals surface area contributed by atoms with Gasteiger partial charge in [0.25, 0.3) is 0 Å². The zero-order chi connectivity index (χ0) is 18.1. The lowest BCUT2D eigenvalue weighted by Crippen LogP contribution is -2.42. The van der Waals surface area contributed by atoms with Crippen LogP contribution in [-0.4, -0.2) is 24.7 Å². The Balaban J connectivity index is 1.78. The van der Waals surface area contributed by atoms with Crippen molar-refractivity contribution < 1.29 is 9.53 Å². The smallest absolute Gasteiger partial charge is 0.339 e. The third-order valence-corrected chi connectivity index (χ3v) is 5.65. The van der Waals surface area contributed by atoms with Crippen LogP contribution < -0.4 is 5.32 Å². The Labute approximate surface area is 154 Å². The minimum absolute atomic E-state index is 0.221. The number of piperidine rings is 1. The summed E-state index contributed by atoms with van der Waals surface area (Å²) in [7, 11) is 0. The van der Waals surface area contributed by atoms with Crippen LogP contribution in [0.2, 0.25) is 0 Å². The molecule has 1 aliphatic heterocycles. The number of esters is 1. The number of hydrogen-bond donors (Lipinski definition) is 1. The van der Waals surface area contributed by atoms with E-state index in [0.717, 1.165) is 47.5 Å². The van der Waals surface area contributed by atoms with Gasteiger partial charge in [-0.15, -0.1) is 0 Å². The van der Waals surface area contributed by atoms with Crippen molar-refractivity contribution in [1.82, 2.24) is 5.32 Å². The summed E-state index contributed by atoms with van der Waals surface area (Å²) >= 11 is 0. The Morgan fingerprint density at radius 1 is 0.962 bits per heavy atom. The summed E-state index contributed by atoms with van der Waals surface area (Å²) in [5.74, 6) is 0.162. The molecule has 0 atom stereocenters. The third-order valence-electron chi connectivity index (χ3n) is 5.65. The van der Waals surface area contributed by atoms with Gasteiger partial charge in [-0.1, -0.05) is 48.5 Å². The van der Waals surface area contributed by atoms with Gasteiger partial charge < -0.3 is 10.1 Å². The second kappa shape index (κ2) is 6.73. The molecular weight excluding hydrogens is 322 g/mol. The highest BCUT2D eigenvalue weighted by Crippen LogP contribution is 2.33. The molecule has 0 amide bonds. The van der Waals surface area contributed by atoms with E-state index < -0.39 is 5.60 Å². The molecule has 1 N–H and O–H groups in total. The summed E-state index contributed by atoms with van der Waals surface area (Å²) < 4.78 is 6.11. The fourth-order valence-electron chi connectivity index (χ4n) is 4.12. The van der Waals surface area contributed by atoms with Crippen molar-refractivity contribution in [2.45, 2.75) is 32.3 Å². The fourth-order valence-corrected chi connectivity index (χ4v) is 4.12. The molecule has 1 aliphatic rings. The number of carbonyl (C=O) groups is 1. The Hall–Kier alpha value is -2.39. The minimum Gasteiger partial charge on any atom is -0.456 e. The highest BCUT2D eigenvalue weighted by atomic mass is 16.6. The molecule has 4 rings (SSSR count). The van der Waals surface area contributed by atoms with Crippen LogP contribution >= 0.6 is 0 Å². The molecule has 1 fully saturated rings. The molecule has 0 aromatic heterocycles. The van der Waals surface area contributed by atoms with Crippen LogP contribution in [0.5, 0.6) is 0 Å². The van der Waals surface area contributed by atoms with Crippen LogP contribution in [-0.2, 0) is 4.74 Å². The number of hydrogen-bond acceptors (Lipinski definition) is 3. The molecule has 3 heteroatoms. The molecule has 3 aromatic rings. The van der Waals surface area contributed by atoms with E-state index in [4.69, 9.17) is 4.74 Å². The molecule has 0 aliphatic carbocycles. The largest absolute Gasteiger partial charge is 0.456 e. The highest BCUT2D eigenvalue weighted by molar-refractivity contribution is 6.16. The molecule has 0 bridgehead atoms. The number of nitrogens with one attached hydrogen (secondary N) is 1. The predicted octanol–water partition coefficient (Wildman–Crippen LogP) is 4.93. The normalized spacial score (nSPS) is 16.1. The number of rotatable bonds is 3. The Morgan fingerprint density at radius 3 is 2.08 bits per heavy atom. The molecule has 1 heterocycles. The summed E-state index contributed by atoms with van der Waals surface area (Å²) in [6.45, 7) is 6.08. The average molecular weight is 347 g/mol. The Morgan fingerprint density at radius 2 is 1.50 bits per heavy atom. The number of carbonyl (C=O) groups excluding carboxylic acids is 1. The Kier molecular flexibility index (Phi) is 4.41. The summed E-state index contributed by atoms with van der Waals surface area (Å²) in [4.78, 5) is 13.3. The second-order valence-electron chi connectivity index (χ2n) is 7.71. The molecule has 0 unspecified atom stereocenters. The topological polar surface area (TPSA) is 38.3 Å². The molecule has 3 aromatic carbocycles. The van der Waals surface area contributed by atoms with E-state index in [1.54, 1.807) is 0 Å². The summed E-state index contributed by atoms with van der Waals surface area (Å²) in [6, 6.07) is 18.2. The maximum absolute atomic E-state index is 13.3. The third kappa shape index (κ3) is 3.08. The highest BCUT2D eigenvalue weighted by Gasteiger charge is 2.35. The number of ether oxygens (including phenoxy) is 1. The lowest BCUT2D eigenvalue weighted by molar-refractivity contribution is -0.0364. The summed E-state index contributed by atoms with van der Waals surface area (Å²) in [5.41, 5.74) is 0.206. The van der Waals surface area contributed by atoms with Crippen molar-refractivity contribution in [1.29, 1.82) is 0 Å². The van der Waals surface area contributed by atoms with Crippen LogP contribution in [0.1, 0.15) is 37.0 Å². The van der Waals surface area contributed by atoms with Gasteiger partial charge in [0.05, 0.1) is 5.56 Å². The number of fused-ring (bicyclic) bond motifs is 2. The number of benzene rings is 3. The van der Waals surface area contributed by atoms with Crippen LogP contribution in [0, 0.1) is 5.92 Å². The van der Waals surface area contributed by atoms with E-state index in [0.29, 0.717) is 11.5 Å². The summed E-state index contributed by atoms with van der Waals surface area (Å²) in [5, 5.41) is 7.43. The molecule has 0 radical (unpaired) electrons. The lowest BCUT2D eigenvalue weighted by atomic mass is 9.83. The van der Waals surface area contributed by atoms with Crippen molar-refractivity contribution >= 4 is 27.5 Å². The second-order valence-corrected chi connectivity index (χ2v) is 7.71. The van der Waals surface area contributed by atoms with Gasteiger partial charge in [-0.25, -0.2) is 4.79 Å². The van der Waals surface area contributed by atoms with Gasteiger partial charge in [0.1, 0.15) is 5.60 Å². The van der Waals surface area contributed by atoms with E-state index in [1.165, 1.54) is 0 Å². The maximum atomic E-state index is 13.3. The van der Waals surface area contributed by atoms with E-state index >= 15 is 0 Å². The van der Waals surface area contributed by atoms with E-state index in [1.807, 2.05) is 50.2 Å². The van der Waals surface area contributed by atoms with Crippen LogP contribution in [0.15, 0.2) is 54.6 Å². The minimum atomic E-state index is -0.475. The quantitative estimate of drug-likeness (QED) is 0.539. The predicted molar refractivity (Wildman–Crippen MR) is 107 cm³/mol. The SMILES string of the molecule is CC(C)(OC(=O)c1c2ccccc2cc2ccccc12)C1CCNCC1. The zero-order valence-electron chi connectivity index (χ0n) is 15.4. The first-order valence-electron chi connectivity index (χ1n) is 9.41. The van der Waals surface area contributed by atoms with Crippen molar-refractivity contribution in [2.24, 2.45) is 5.92 Å². The van der Waals surface area contributed by atoms with Gasteiger partial charge >= 0.3 is 5.97 Å². The summed E-state index contributed by atoms with van der Waals surface area (Å²) in [6.07, 6.45) is 2.08. The van der Waals surface area contributed by atoms with Crippen LogP contribution in [0.25, 0.3) is 21.5 Å². The lowest BCUT2D eigenvalue weighted by Gasteiger charge is -2.36. The molecule has 0 saturated carbocycles. The van der Waals surface area contributed by atoms with Crippen molar-refractivity contribution in [3.05, 3.63) is 60.2 Å². The zero-order valence-corrected chi connectivity index (χ0v) is 15.4. The van der Waals surface area contributed by atoms with Gasteiger partial charge in [-0.2, -0.15) is 0 Å². The van der Waals surface area contributed by atoms with E-state index in [2.05, 4.69) is 23.5 Å². The van der Waals surface area contributed by atoms with Crippen molar-refractivity contribution in [3.8, 4) is 0 Å². The van der Waals surface area contributed by atoms with Crippen LogP contribution in [0.4, 0.5) is 0 Å². The first kappa shape index (κ1) is 17.0. The van der Waals surface area contributed by atoms with E-state index in [-0.39, 0.29) is 5.97 Å². The van der Waals surface area contributed by atoms with Crippen LogP contribution in [0.3, 0.4) is 0 Å². The van der Waals surface area contributed by atoms with E-state index in [9.17, 15) is 4.79 Å². The molecular formula is C23H25NO2. The monoisotopic (exact) mass is 347 g/mol. The van der Waals surface area contributed by atoms with Gasteiger partial charge in [-0.05, 0) is 67.4 Å². The Bertz CT molecular complexity index is 901. The molecule has 26 heavy (non-hydrogen) atoms. The van der Waals surface area contributed by atoms with Gasteiger partial charge in [0.15, 0.2) is 0 Å². The van der Waals surface area contributed by atoms with Gasteiger partial charge in [0.2, 0.25) is 0 Å². The van der Waals surface area contributed by atoms with Gasteiger partial charge in [-0.3, -0.25) is 0 Å². The molecule has 1 saturated heterocycles. The maximum Gasteiger partial charge on any atom is 0.339 e. The van der Waals surface area contributed by atoms with Gasteiger partial charge in [0, 0.05) is 5.92 Å². The fraction of sp³-hybridized carbons (Fsp3) is 0.348. The standard InChI is InChI=1S/C23H25NO2/c1-23(2,18-11-13-24-14-12-18)26-22(25)21-19-9-5-3-7-16(19)15-17-8-4-6-10-20(17)21/h3-10,15,18,24H,11-14H2,1-2H3. The average Bonchev–Trinajstić information content (AvgIpc) is 2.66. The molecule has 0 spiro atoms. The van der Waals surface area contributed by atoms with Crippen molar-refractivity contribution in [2.75, 3.05) is 13.1 Å². The molecule has 134 valence electrons. The first-order valence-corrected chi connectivity index (χ1v) is 9.41. The molecule has 3 nitrogen and oxygen atoms in total. The first-order chi connectivity index (χ1) is 12.6. The van der Waals surface area contributed by atoms with Crippen molar-refractivity contribution in [3.63, 3.8) is 0 Å².